The maximum absolute atomic E-state index is 9.01. The lowest BCUT2D eigenvalue weighted by molar-refractivity contribution is 0.930. The number of aryl methyl sites for hydroxylation is 1. The first-order valence-electron chi connectivity index (χ1n) is 4.95. The van der Waals surface area contributed by atoms with Crippen molar-refractivity contribution in [3.05, 3.63) is 27.7 Å². The minimum Gasteiger partial charge on any atom is -0.192 e. The van der Waals surface area contributed by atoms with Gasteiger partial charge in [0.2, 0.25) is 5.82 Å². The smallest absolute Gasteiger partial charge is 0.192 e. The first-order chi connectivity index (χ1) is 8.69. The zero-order chi connectivity index (χ0) is 12.7. The van der Waals surface area contributed by atoms with Crippen LogP contribution in [0.5, 0.6) is 0 Å². The Hall–Kier alpha value is -2.04. The van der Waals surface area contributed by atoms with Gasteiger partial charge in [-0.05, 0) is 30.6 Å². The average molecular weight is 277 g/mol. The minimum atomic E-state index is 0.215. The molecule has 8 heteroatoms. The average Bonchev–Trinajstić information content (AvgIpc) is 2.93. The zero-order valence-corrected chi connectivity index (χ0v) is 10.7. The van der Waals surface area contributed by atoms with E-state index in [1.54, 1.807) is 0 Å². The van der Waals surface area contributed by atoms with Crippen LogP contribution in [0.15, 0.2) is 12.1 Å². The van der Waals surface area contributed by atoms with E-state index in [4.69, 9.17) is 16.9 Å². The third-order valence-electron chi connectivity index (χ3n) is 2.32. The summed E-state index contributed by atoms with van der Waals surface area (Å²) >= 11 is 7.24. The van der Waals surface area contributed by atoms with Crippen molar-refractivity contribution in [3.63, 3.8) is 0 Å². The van der Waals surface area contributed by atoms with Crippen LogP contribution in [0, 0.1) is 18.3 Å². The van der Waals surface area contributed by atoms with Gasteiger partial charge in [0.15, 0.2) is 10.8 Å². The zero-order valence-electron chi connectivity index (χ0n) is 9.12. The third-order valence-corrected chi connectivity index (χ3v) is 3.20. The van der Waals surface area contributed by atoms with Gasteiger partial charge in [0.05, 0.1) is 0 Å². The van der Waals surface area contributed by atoms with Gasteiger partial charge in [-0.1, -0.05) is 11.6 Å². The largest absolute Gasteiger partial charge is 0.204 e. The molecule has 6 nitrogen and oxygen atoms in total. The second-order valence-corrected chi connectivity index (χ2v) is 4.97. The van der Waals surface area contributed by atoms with Crippen LogP contribution < -0.4 is 0 Å². The monoisotopic (exact) mass is 276 g/mol. The van der Waals surface area contributed by atoms with Crippen molar-refractivity contribution < 1.29 is 0 Å². The Labute approximate surface area is 111 Å². The summed E-state index contributed by atoms with van der Waals surface area (Å²) in [6, 6.07) is 5.36. The minimum absolute atomic E-state index is 0.215. The highest BCUT2D eigenvalue weighted by atomic mass is 35.5. The van der Waals surface area contributed by atoms with Crippen molar-refractivity contribution in [3.8, 4) is 17.6 Å². The number of fused-ring (bicyclic) bond motifs is 1. The van der Waals surface area contributed by atoms with Gasteiger partial charge in [-0.25, -0.2) is 0 Å². The molecule has 0 amide bonds. The molecule has 3 aromatic rings. The first-order valence-corrected chi connectivity index (χ1v) is 6.10. The molecule has 88 valence electrons. The number of nitrogens with zero attached hydrogens (tertiary/aromatic N) is 6. The van der Waals surface area contributed by atoms with Gasteiger partial charge in [-0.2, -0.15) is 19.2 Å². The summed E-state index contributed by atoms with van der Waals surface area (Å²) < 4.78 is 5.69. The van der Waals surface area contributed by atoms with Crippen molar-refractivity contribution >= 4 is 28.8 Å². The lowest BCUT2D eigenvalue weighted by atomic mass is 10.3. The summed E-state index contributed by atoms with van der Waals surface area (Å²) in [7, 11) is 0. The van der Waals surface area contributed by atoms with E-state index in [2.05, 4.69) is 19.7 Å². The predicted octanol–water partition coefficient (Wildman–Crippen LogP) is 2.08. The molecule has 0 saturated heterocycles. The lowest BCUT2D eigenvalue weighted by Crippen LogP contribution is -1.97. The Morgan fingerprint density at radius 1 is 1.39 bits per heavy atom. The highest BCUT2D eigenvalue weighted by molar-refractivity contribution is 7.05. The van der Waals surface area contributed by atoms with Crippen molar-refractivity contribution in [2.75, 3.05) is 0 Å². The number of hydrogen-bond donors (Lipinski definition) is 0. The summed E-state index contributed by atoms with van der Waals surface area (Å²) in [5.41, 5.74) is 1.38. The molecule has 0 unspecified atom stereocenters. The summed E-state index contributed by atoms with van der Waals surface area (Å²) in [6.07, 6.45) is 0. The van der Waals surface area contributed by atoms with Gasteiger partial charge in [-0.15, -0.1) is 10.2 Å². The maximum Gasteiger partial charge on any atom is 0.204 e. The van der Waals surface area contributed by atoms with Crippen LogP contribution in [-0.4, -0.2) is 24.2 Å². The Balaban J connectivity index is 2.33. The highest BCUT2D eigenvalue weighted by Crippen LogP contribution is 2.22. The van der Waals surface area contributed by atoms with Gasteiger partial charge in [0.1, 0.15) is 17.3 Å². The Morgan fingerprint density at radius 2 is 2.22 bits per heavy atom. The summed E-state index contributed by atoms with van der Waals surface area (Å²) in [4.78, 5) is 1.06. The van der Waals surface area contributed by atoms with Crippen LogP contribution in [0.2, 0.25) is 5.15 Å². The van der Waals surface area contributed by atoms with E-state index >= 15 is 0 Å². The van der Waals surface area contributed by atoms with E-state index in [0.717, 1.165) is 4.88 Å². The SMILES string of the molecule is Cc1cc(-c2nnc3c(C#N)cc(Cl)nn23)ns1. The molecule has 3 aromatic heterocycles. The number of nitriles is 1. The van der Waals surface area contributed by atoms with Gasteiger partial charge in [-0.3, -0.25) is 0 Å². The first kappa shape index (κ1) is 11.1. The molecular weight excluding hydrogens is 272 g/mol. The van der Waals surface area contributed by atoms with Crippen LogP contribution in [0.25, 0.3) is 17.2 Å². The standard InChI is InChI=1S/C10H5ClN6S/c1-5-2-7(16-18-5)10-14-13-9-6(4-12)3-8(11)15-17(9)10/h2-3H,1H3. The van der Waals surface area contributed by atoms with Gasteiger partial charge in [0.25, 0.3) is 0 Å². The van der Waals surface area contributed by atoms with E-state index in [1.807, 2.05) is 19.1 Å². The second-order valence-electron chi connectivity index (χ2n) is 3.57. The van der Waals surface area contributed by atoms with Gasteiger partial charge >= 0.3 is 0 Å². The fraction of sp³-hybridized carbons (Fsp3) is 0.100. The van der Waals surface area contributed by atoms with Gasteiger partial charge in [0, 0.05) is 4.88 Å². The van der Waals surface area contributed by atoms with Crippen molar-refractivity contribution in [1.82, 2.24) is 24.2 Å². The molecule has 0 fully saturated rings. The van der Waals surface area contributed by atoms with E-state index in [-0.39, 0.29) is 5.15 Å². The molecule has 0 N–H and O–H groups in total. The molecule has 0 atom stereocenters. The summed E-state index contributed by atoms with van der Waals surface area (Å²) in [6.45, 7) is 1.95. The molecular formula is C10H5ClN6S. The highest BCUT2D eigenvalue weighted by Gasteiger charge is 2.15. The van der Waals surface area contributed by atoms with Crippen molar-refractivity contribution in [2.45, 2.75) is 6.92 Å². The van der Waals surface area contributed by atoms with E-state index < -0.39 is 0 Å². The predicted molar refractivity (Wildman–Crippen MR) is 66.4 cm³/mol. The number of rotatable bonds is 1. The van der Waals surface area contributed by atoms with Gasteiger partial charge < -0.3 is 0 Å². The Morgan fingerprint density at radius 3 is 2.89 bits per heavy atom. The number of hydrogen-bond acceptors (Lipinski definition) is 6. The fourth-order valence-electron chi connectivity index (χ4n) is 1.56. The summed E-state index contributed by atoms with van der Waals surface area (Å²) in [5.74, 6) is 0.480. The molecule has 0 spiro atoms. The second kappa shape index (κ2) is 4.01. The molecule has 0 aromatic carbocycles. The molecule has 0 aliphatic rings. The molecule has 0 aliphatic heterocycles. The van der Waals surface area contributed by atoms with Crippen LogP contribution in [0.3, 0.4) is 0 Å². The molecule has 3 heterocycles. The van der Waals surface area contributed by atoms with Crippen LogP contribution in [0.4, 0.5) is 0 Å². The normalized spacial score (nSPS) is 10.7. The van der Waals surface area contributed by atoms with E-state index in [9.17, 15) is 0 Å². The Kier molecular flexibility index (Phi) is 2.47. The maximum atomic E-state index is 9.01. The fourth-order valence-corrected chi connectivity index (χ4v) is 2.29. The van der Waals surface area contributed by atoms with Crippen molar-refractivity contribution in [1.29, 1.82) is 5.26 Å². The Bertz CT molecular complexity index is 783. The molecule has 3 rings (SSSR count). The number of halogens is 1. The van der Waals surface area contributed by atoms with Crippen LogP contribution >= 0.6 is 23.1 Å². The van der Waals surface area contributed by atoms with Crippen molar-refractivity contribution in [2.24, 2.45) is 0 Å². The number of aromatic nitrogens is 5. The molecule has 0 saturated carbocycles. The quantitative estimate of drug-likeness (QED) is 0.680. The molecule has 0 aliphatic carbocycles. The van der Waals surface area contributed by atoms with E-state index in [1.165, 1.54) is 22.1 Å². The molecule has 0 radical (unpaired) electrons. The molecule has 18 heavy (non-hydrogen) atoms. The van der Waals surface area contributed by atoms with Crippen LogP contribution in [0.1, 0.15) is 10.4 Å². The lowest BCUT2D eigenvalue weighted by Gasteiger charge is -1.97. The third kappa shape index (κ3) is 1.63. The topological polar surface area (TPSA) is 79.8 Å². The summed E-state index contributed by atoms with van der Waals surface area (Å²) in [5, 5.41) is 21.3. The van der Waals surface area contributed by atoms with Crippen LogP contribution in [-0.2, 0) is 0 Å². The molecule has 0 bridgehead atoms. The van der Waals surface area contributed by atoms with E-state index in [0.29, 0.717) is 22.7 Å².